The van der Waals surface area contributed by atoms with Crippen molar-refractivity contribution in [3.63, 3.8) is 0 Å². The Kier molecular flexibility index (Phi) is 4.68. The first kappa shape index (κ1) is 15.6. The number of thioether (sulfide) groups is 1. The van der Waals surface area contributed by atoms with Gasteiger partial charge in [0.2, 0.25) is 5.91 Å². The number of carbonyl (C=O) groups excluding carboxylic acids is 1. The van der Waals surface area contributed by atoms with E-state index in [4.69, 9.17) is 0 Å². The lowest BCUT2D eigenvalue weighted by Gasteiger charge is -2.03. The normalized spacial score (nSPS) is 10.8. The number of rotatable bonds is 6. The number of nitrogens with one attached hydrogen (secondary N) is 1. The van der Waals surface area contributed by atoms with Crippen molar-refractivity contribution in [3.05, 3.63) is 43.0 Å². The van der Waals surface area contributed by atoms with E-state index in [0.717, 1.165) is 0 Å². The lowest BCUT2D eigenvalue weighted by Crippen LogP contribution is -2.14. The number of halogens is 1. The number of allylic oxidation sites excluding steroid dienone is 1. The number of anilines is 1. The second kappa shape index (κ2) is 6.88. The van der Waals surface area contributed by atoms with E-state index in [9.17, 15) is 9.18 Å². The first-order chi connectivity index (χ1) is 11.2. The molecule has 0 aliphatic heterocycles. The standard InChI is InChI=1S/C14H12FN5OS2/c1-2-5-20-8-16-19-14(20)22-7-12(21)18-13-17-10-4-3-9(15)6-11(10)23-13/h2-4,6,8H,1,5,7H2,(H,17,18,21). The molecule has 0 atom stereocenters. The van der Waals surface area contributed by atoms with Gasteiger partial charge in [0.1, 0.15) is 12.1 Å². The topological polar surface area (TPSA) is 72.7 Å². The van der Waals surface area contributed by atoms with Gasteiger partial charge >= 0.3 is 0 Å². The van der Waals surface area contributed by atoms with Crippen LogP contribution < -0.4 is 5.32 Å². The second-order valence-electron chi connectivity index (χ2n) is 4.52. The third-order valence-corrected chi connectivity index (χ3v) is 4.75. The first-order valence-electron chi connectivity index (χ1n) is 6.63. The van der Waals surface area contributed by atoms with Crippen molar-refractivity contribution in [1.82, 2.24) is 19.7 Å². The van der Waals surface area contributed by atoms with Crippen molar-refractivity contribution in [2.45, 2.75) is 11.7 Å². The highest BCUT2D eigenvalue weighted by atomic mass is 32.2. The number of amides is 1. The molecule has 0 saturated heterocycles. The number of fused-ring (bicyclic) bond motifs is 1. The third kappa shape index (κ3) is 3.74. The predicted octanol–water partition coefficient (Wildman–Crippen LogP) is 2.94. The molecule has 0 aliphatic carbocycles. The molecule has 9 heteroatoms. The molecule has 0 saturated carbocycles. The summed E-state index contributed by atoms with van der Waals surface area (Å²) in [5.74, 6) is -0.348. The third-order valence-electron chi connectivity index (χ3n) is 2.83. The minimum absolute atomic E-state index is 0.181. The minimum Gasteiger partial charge on any atom is -0.305 e. The number of carbonyl (C=O) groups is 1. The summed E-state index contributed by atoms with van der Waals surface area (Å²) in [7, 11) is 0. The molecule has 0 radical (unpaired) electrons. The smallest absolute Gasteiger partial charge is 0.236 e. The van der Waals surface area contributed by atoms with Gasteiger partial charge in [-0.25, -0.2) is 9.37 Å². The average molecular weight is 349 g/mol. The van der Waals surface area contributed by atoms with Crippen LogP contribution in [0.25, 0.3) is 10.2 Å². The van der Waals surface area contributed by atoms with E-state index in [-0.39, 0.29) is 17.5 Å². The molecule has 1 aromatic carbocycles. The Hall–Kier alpha value is -2.26. The van der Waals surface area contributed by atoms with Crippen LogP contribution in [0.1, 0.15) is 0 Å². The summed E-state index contributed by atoms with van der Waals surface area (Å²) in [6, 6.07) is 4.33. The highest BCUT2D eigenvalue weighted by Crippen LogP contribution is 2.26. The fourth-order valence-corrected chi connectivity index (χ4v) is 3.49. The van der Waals surface area contributed by atoms with E-state index in [1.54, 1.807) is 23.0 Å². The number of aromatic nitrogens is 4. The van der Waals surface area contributed by atoms with Crippen molar-refractivity contribution < 1.29 is 9.18 Å². The number of hydrogen-bond donors (Lipinski definition) is 1. The molecule has 0 bridgehead atoms. The summed E-state index contributed by atoms with van der Waals surface area (Å²) in [5.41, 5.74) is 0.657. The lowest BCUT2D eigenvalue weighted by molar-refractivity contribution is -0.113. The van der Waals surface area contributed by atoms with Crippen LogP contribution in [0.3, 0.4) is 0 Å². The zero-order valence-electron chi connectivity index (χ0n) is 11.9. The highest BCUT2D eigenvalue weighted by Gasteiger charge is 2.11. The van der Waals surface area contributed by atoms with Crippen LogP contribution in [0.15, 0.2) is 42.3 Å². The SMILES string of the molecule is C=CCn1cnnc1SCC(=O)Nc1nc2ccc(F)cc2s1. The fourth-order valence-electron chi connectivity index (χ4n) is 1.86. The van der Waals surface area contributed by atoms with E-state index < -0.39 is 0 Å². The molecule has 6 nitrogen and oxygen atoms in total. The molecule has 0 fully saturated rings. The molecular weight excluding hydrogens is 337 g/mol. The Bertz CT molecular complexity index is 860. The molecule has 0 unspecified atom stereocenters. The van der Waals surface area contributed by atoms with Gasteiger partial charge in [0.05, 0.1) is 16.0 Å². The summed E-state index contributed by atoms with van der Waals surface area (Å²) in [5, 5.41) is 11.6. The van der Waals surface area contributed by atoms with Gasteiger partial charge in [-0.15, -0.1) is 16.8 Å². The van der Waals surface area contributed by atoms with Crippen LogP contribution in [-0.2, 0) is 11.3 Å². The molecular formula is C14H12FN5OS2. The van der Waals surface area contributed by atoms with E-state index in [1.807, 2.05) is 0 Å². The summed E-state index contributed by atoms with van der Waals surface area (Å²) >= 11 is 2.51. The molecule has 1 amide bonds. The largest absolute Gasteiger partial charge is 0.305 e. The van der Waals surface area contributed by atoms with Gasteiger partial charge in [-0.3, -0.25) is 4.79 Å². The Morgan fingerprint density at radius 3 is 3.22 bits per heavy atom. The molecule has 2 aromatic heterocycles. The van der Waals surface area contributed by atoms with E-state index in [2.05, 4.69) is 27.1 Å². The van der Waals surface area contributed by atoms with Crippen molar-refractivity contribution >= 4 is 44.4 Å². The van der Waals surface area contributed by atoms with Crippen LogP contribution in [0.4, 0.5) is 9.52 Å². The molecule has 23 heavy (non-hydrogen) atoms. The quantitative estimate of drug-likeness (QED) is 0.547. The Balaban J connectivity index is 1.62. The Morgan fingerprint density at radius 1 is 1.52 bits per heavy atom. The minimum atomic E-state index is -0.323. The maximum atomic E-state index is 13.2. The van der Waals surface area contributed by atoms with E-state index >= 15 is 0 Å². The molecule has 3 aromatic rings. The molecule has 0 spiro atoms. The maximum Gasteiger partial charge on any atom is 0.236 e. The van der Waals surface area contributed by atoms with Gasteiger partial charge in [-0.2, -0.15) is 0 Å². The van der Waals surface area contributed by atoms with Gasteiger partial charge < -0.3 is 9.88 Å². The van der Waals surface area contributed by atoms with Crippen LogP contribution in [0, 0.1) is 5.82 Å². The van der Waals surface area contributed by atoms with Crippen molar-refractivity contribution in [2.75, 3.05) is 11.1 Å². The molecule has 1 N–H and O–H groups in total. The van der Waals surface area contributed by atoms with Crippen LogP contribution >= 0.6 is 23.1 Å². The van der Waals surface area contributed by atoms with Gasteiger partial charge in [-0.1, -0.05) is 29.2 Å². The summed E-state index contributed by atoms with van der Waals surface area (Å²) < 4.78 is 15.6. The van der Waals surface area contributed by atoms with Crippen molar-refractivity contribution in [2.24, 2.45) is 0 Å². The van der Waals surface area contributed by atoms with Crippen molar-refractivity contribution in [3.8, 4) is 0 Å². The van der Waals surface area contributed by atoms with Gasteiger partial charge in [0.25, 0.3) is 0 Å². The molecule has 0 aliphatic rings. The average Bonchev–Trinajstić information content (AvgIpc) is 3.11. The number of hydrogen-bond acceptors (Lipinski definition) is 6. The first-order valence-corrected chi connectivity index (χ1v) is 8.43. The van der Waals surface area contributed by atoms with Crippen LogP contribution in [-0.4, -0.2) is 31.4 Å². The lowest BCUT2D eigenvalue weighted by atomic mass is 10.3. The number of benzene rings is 1. The molecule has 118 valence electrons. The molecule has 2 heterocycles. The van der Waals surface area contributed by atoms with E-state index in [0.29, 0.717) is 27.0 Å². The molecule has 3 rings (SSSR count). The predicted molar refractivity (Wildman–Crippen MR) is 89.2 cm³/mol. The second-order valence-corrected chi connectivity index (χ2v) is 6.50. The Labute approximate surface area is 139 Å². The fraction of sp³-hybridized carbons (Fsp3) is 0.143. The highest BCUT2D eigenvalue weighted by molar-refractivity contribution is 7.99. The van der Waals surface area contributed by atoms with Gasteiger partial charge in [0, 0.05) is 6.54 Å². The summed E-state index contributed by atoms with van der Waals surface area (Å²) in [6.07, 6.45) is 3.32. The van der Waals surface area contributed by atoms with Gasteiger partial charge in [-0.05, 0) is 18.2 Å². The zero-order chi connectivity index (χ0) is 16.2. The van der Waals surface area contributed by atoms with E-state index in [1.165, 1.54) is 35.2 Å². The number of nitrogens with zero attached hydrogens (tertiary/aromatic N) is 4. The van der Waals surface area contributed by atoms with Gasteiger partial charge in [0.15, 0.2) is 10.3 Å². The summed E-state index contributed by atoms with van der Waals surface area (Å²) in [6.45, 7) is 4.24. The van der Waals surface area contributed by atoms with Crippen LogP contribution in [0.2, 0.25) is 0 Å². The summed E-state index contributed by atoms with van der Waals surface area (Å²) in [4.78, 5) is 16.3. The Morgan fingerprint density at radius 2 is 2.39 bits per heavy atom. The monoisotopic (exact) mass is 349 g/mol. The maximum absolute atomic E-state index is 13.2. The zero-order valence-corrected chi connectivity index (χ0v) is 13.5. The van der Waals surface area contributed by atoms with Crippen LogP contribution in [0.5, 0.6) is 0 Å². The number of thiazole rings is 1. The van der Waals surface area contributed by atoms with Crippen molar-refractivity contribution in [1.29, 1.82) is 0 Å².